The second-order valence-electron chi connectivity index (χ2n) is 8.23. The highest BCUT2D eigenvalue weighted by Gasteiger charge is 2.22. The van der Waals surface area contributed by atoms with Crippen LogP contribution in [0, 0.1) is 5.92 Å². The van der Waals surface area contributed by atoms with Crippen molar-refractivity contribution in [2.75, 3.05) is 0 Å². The molecule has 164 valence electrons. The second-order valence-corrected chi connectivity index (χ2v) is 8.23. The molecule has 3 N–H and O–H groups in total. The maximum atomic E-state index is 11.7. The van der Waals surface area contributed by atoms with Crippen molar-refractivity contribution in [1.29, 1.82) is 0 Å². The minimum Gasteiger partial charge on any atom is -0.481 e. The van der Waals surface area contributed by atoms with Crippen LogP contribution in [0.25, 0.3) is 0 Å². The summed E-state index contributed by atoms with van der Waals surface area (Å²) in [5.74, 6) is -2.11. The molecule has 0 aromatic rings. The van der Waals surface area contributed by atoms with Gasteiger partial charge in [0, 0.05) is 6.42 Å². The molecule has 0 aromatic carbocycles. The summed E-state index contributed by atoms with van der Waals surface area (Å²) < 4.78 is 0. The Morgan fingerprint density at radius 1 is 0.714 bits per heavy atom. The summed E-state index contributed by atoms with van der Waals surface area (Å²) in [5.41, 5.74) is 0. The third kappa shape index (κ3) is 17.8. The molecular formula is C22H41NO5. The van der Waals surface area contributed by atoms with E-state index in [1.54, 1.807) is 0 Å². The topological polar surface area (TPSA) is 104 Å². The lowest BCUT2D eigenvalue weighted by Gasteiger charge is -2.12. The van der Waals surface area contributed by atoms with Gasteiger partial charge in [-0.1, -0.05) is 90.9 Å². The van der Waals surface area contributed by atoms with Gasteiger partial charge in [-0.15, -0.1) is 0 Å². The van der Waals surface area contributed by atoms with E-state index in [0.717, 1.165) is 18.8 Å². The van der Waals surface area contributed by atoms with Gasteiger partial charge in [-0.2, -0.15) is 0 Å². The molecule has 1 atom stereocenters. The number of amides is 1. The molecular weight excluding hydrogens is 358 g/mol. The van der Waals surface area contributed by atoms with Gasteiger partial charge in [-0.05, 0) is 12.3 Å². The lowest BCUT2D eigenvalue weighted by atomic mass is 10.0. The van der Waals surface area contributed by atoms with E-state index in [9.17, 15) is 14.4 Å². The summed E-state index contributed by atoms with van der Waals surface area (Å²) in [6, 6.07) is -1.35. The van der Waals surface area contributed by atoms with Gasteiger partial charge < -0.3 is 15.5 Å². The standard InChI is InChI=1S/C22H41NO5/c1-18(2)15-13-11-9-7-5-3-4-6-8-10-12-14-16-20(24)23-19(22(27)28)17-21(25)26/h18-19H,3-17H2,1-2H3,(H,23,24)(H,25,26)(H,27,28)/t19-/m0/s1. The number of rotatable bonds is 19. The van der Waals surface area contributed by atoms with Crippen molar-refractivity contribution in [3.63, 3.8) is 0 Å². The van der Waals surface area contributed by atoms with Crippen molar-refractivity contribution in [3.8, 4) is 0 Å². The highest BCUT2D eigenvalue weighted by atomic mass is 16.4. The van der Waals surface area contributed by atoms with E-state index in [-0.39, 0.29) is 12.3 Å². The molecule has 28 heavy (non-hydrogen) atoms. The summed E-state index contributed by atoms with van der Waals surface area (Å²) in [7, 11) is 0. The van der Waals surface area contributed by atoms with Crippen LogP contribution in [0.4, 0.5) is 0 Å². The molecule has 6 nitrogen and oxygen atoms in total. The summed E-state index contributed by atoms with van der Waals surface area (Å²) >= 11 is 0. The summed E-state index contributed by atoms with van der Waals surface area (Å²) in [6.45, 7) is 4.57. The molecule has 6 heteroatoms. The zero-order valence-electron chi connectivity index (χ0n) is 17.9. The zero-order valence-corrected chi connectivity index (χ0v) is 17.9. The highest BCUT2D eigenvalue weighted by molar-refractivity contribution is 5.86. The Bertz CT molecular complexity index is 437. The maximum Gasteiger partial charge on any atom is 0.326 e. The molecule has 0 aliphatic rings. The van der Waals surface area contributed by atoms with E-state index in [1.807, 2.05) is 0 Å². The largest absolute Gasteiger partial charge is 0.481 e. The van der Waals surface area contributed by atoms with Gasteiger partial charge in [-0.3, -0.25) is 9.59 Å². The lowest BCUT2D eigenvalue weighted by molar-refractivity contribution is -0.147. The van der Waals surface area contributed by atoms with Gasteiger partial charge in [0.2, 0.25) is 5.91 Å². The van der Waals surface area contributed by atoms with Crippen LogP contribution in [0.15, 0.2) is 0 Å². The van der Waals surface area contributed by atoms with Crippen molar-refractivity contribution >= 4 is 17.8 Å². The Hall–Kier alpha value is -1.59. The van der Waals surface area contributed by atoms with Gasteiger partial charge in [0.15, 0.2) is 0 Å². The van der Waals surface area contributed by atoms with E-state index < -0.39 is 24.4 Å². The van der Waals surface area contributed by atoms with Crippen LogP contribution in [0.1, 0.15) is 110 Å². The molecule has 0 rings (SSSR count). The molecule has 0 saturated heterocycles. The van der Waals surface area contributed by atoms with Crippen LogP contribution in [0.3, 0.4) is 0 Å². The SMILES string of the molecule is CC(C)CCCCCCCCCCCCCCC(=O)N[C@@H](CC(=O)O)C(=O)O. The molecule has 0 radical (unpaired) electrons. The molecule has 1 amide bonds. The van der Waals surface area contributed by atoms with Crippen LogP contribution in [0.5, 0.6) is 0 Å². The number of hydrogen-bond acceptors (Lipinski definition) is 3. The molecule has 0 aliphatic carbocycles. The van der Waals surface area contributed by atoms with Crippen LogP contribution in [0.2, 0.25) is 0 Å². The number of hydrogen-bond donors (Lipinski definition) is 3. The molecule has 0 aliphatic heterocycles. The van der Waals surface area contributed by atoms with E-state index in [4.69, 9.17) is 10.2 Å². The summed E-state index contributed by atoms with van der Waals surface area (Å²) in [5, 5.41) is 19.8. The van der Waals surface area contributed by atoms with Crippen LogP contribution in [-0.4, -0.2) is 34.1 Å². The van der Waals surface area contributed by atoms with Crippen LogP contribution < -0.4 is 5.32 Å². The number of nitrogens with one attached hydrogen (secondary N) is 1. The first-order chi connectivity index (χ1) is 13.3. The van der Waals surface area contributed by atoms with Crippen LogP contribution in [-0.2, 0) is 14.4 Å². The first kappa shape index (κ1) is 26.4. The van der Waals surface area contributed by atoms with Gasteiger partial charge >= 0.3 is 11.9 Å². The van der Waals surface area contributed by atoms with Crippen LogP contribution >= 0.6 is 0 Å². The van der Waals surface area contributed by atoms with Gasteiger partial charge in [-0.25, -0.2) is 4.79 Å². The van der Waals surface area contributed by atoms with Gasteiger partial charge in [0.25, 0.3) is 0 Å². The van der Waals surface area contributed by atoms with Crippen molar-refractivity contribution in [1.82, 2.24) is 5.32 Å². The summed E-state index contributed by atoms with van der Waals surface area (Å²) in [6.07, 6.45) is 15.5. The normalized spacial score (nSPS) is 12.1. The molecule has 0 aromatic heterocycles. The van der Waals surface area contributed by atoms with E-state index >= 15 is 0 Å². The van der Waals surface area contributed by atoms with E-state index in [1.165, 1.54) is 64.2 Å². The number of carbonyl (C=O) groups excluding carboxylic acids is 1. The van der Waals surface area contributed by atoms with Crippen molar-refractivity contribution < 1.29 is 24.6 Å². The Labute approximate surface area is 170 Å². The monoisotopic (exact) mass is 399 g/mol. The average Bonchev–Trinajstić information content (AvgIpc) is 2.60. The fourth-order valence-corrected chi connectivity index (χ4v) is 3.25. The smallest absolute Gasteiger partial charge is 0.326 e. The summed E-state index contributed by atoms with van der Waals surface area (Å²) in [4.78, 5) is 33.2. The van der Waals surface area contributed by atoms with Crippen molar-refractivity contribution in [2.45, 2.75) is 116 Å². The first-order valence-electron chi connectivity index (χ1n) is 11.1. The zero-order chi connectivity index (χ0) is 21.2. The highest BCUT2D eigenvalue weighted by Crippen LogP contribution is 2.14. The predicted octanol–water partition coefficient (Wildman–Crippen LogP) is 5.15. The second kappa shape index (κ2) is 17.5. The Morgan fingerprint density at radius 2 is 1.14 bits per heavy atom. The Balaban J connectivity index is 3.44. The Kier molecular flexibility index (Phi) is 16.5. The number of aliphatic carboxylic acids is 2. The van der Waals surface area contributed by atoms with Gasteiger partial charge in [0.05, 0.1) is 6.42 Å². The van der Waals surface area contributed by atoms with Gasteiger partial charge in [0.1, 0.15) is 6.04 Å². The fraction of sp³-hybridized carbons (Fsp3) is 0.864. The molecule has 0 bridgehead atoms. The molecule has 0 spiro atoms. The molecule has 0 heterocycles. The molecule has 0 unspecified atom stereocenters. The third-order valence-electron chi connectivity index (χ3n) is 4.95. The molecule has 0 saturated carbocycles. The number of carboxylic acids is 2. The van der Waals surface area contributed by atoms with Crippen molar-refractivity contribution in [3.05, 3.63) is 0 Å². The Morgan fingerprint density at radius 3 is 1.54 bits per heavy atom. The number of carbonyl (C=O) groups is 3. The maximum absolute atomic E-state index is 11.7. The van der Waals surface area contributed by atoms with E-state index in [2.05, 4.69) is 19.2 Å². The minimum atomic E-state index is -1.35. The quantitative estimate of drug-likeness (QED) is 0.261. The first-order valence-corrected chi connectivity index (χ1v) is 11.1. The lowest BCUT2D eigenvalue weighted by Crippen LogP contribution is -2.42. The van der Waals surface area contributed by atoms with E-state index in [0.29, 0.717) is 6.42 Å². The fourth-order valence-electron chi connectivity index (χ4n) is 3.25. The average molecular weight is 400 g/mol. The molecule has 0 fully saturated rings. The third-order valence-corrected chi connectivity index (χ3v) is 4.95. The minimum absolute atomic E-state index is 0.250. The number of unbranched alkanes of at least 4 members (excludes halogenated alkanes) is 11. The number of carboxylic acid groups (broad SMARTS) is 2. The predicted molar refractivity (Wildman–Crippen MR) is 111 cm³/mol. The van der Waals surface area contributed by atoms with Crippen molar-refractivity contribution in [2.24, 2.45) is 5.92 Å².